The molecule has 30 heavy (non-hydrogen) atoms. The Balaban J connectivity index is 1.65. The average Bonchev–Trinajstić information content (AvgIpc) is 2.74. The molecule has 0 spiro atoms. The molecule has 3 rings (SSSR count). The molecule has 1 amide bonds. The molecule has 0 aromatic heterocycles. The lowest BCUT2D eigenvalue weighted by Crippen LogP contribution is -2.17. The number of carbonyl (C=O) groups excluding carboxylic acids is 1. The van der Waals surface area contributed by atoms with Gasteiger partial charge in [0.15, 0.2) is 11.5 Å². The fraction of sp³-hybridized carbons (Fsp3) is 0.167. The summed E-state index contributed by atoms with van der Waals surface area (Å²) >= 11 is 5.83. The van der Waals surface area contributed by atoms with Crippen LogP contribution in [0.1, 0.15) is 34.0 Å². The molecule has 0 saturated heterocycles. The summed E-state index contributed by atoms with van der Waals surface area (Å²) in [6.07, 6.45) is 1.56. The van der Waals surface area contributed by atoms with Gasteiger partial charge in [-0.25, -0.2) is 5.43 Å². The number of amides is 1. The van der Waals surface area contributed by atoms with Gasteiger partial charge in [0.25, 0.3) is 5.91 Å². The predicted octanol–water partition coefficient (Wildman–Crippen LogP) is 5.39. The Bertz CT molecular complexity index is 1030. The van der Waals surface area contributed by atoms with Crippen LogP contribution in [0.5, 0.6) is 11.5 Å². The number of rotatable bonds is 8. The van der Waals surface area contributed by atoms with Gasteiger partial charge in [-0.1, -0.05) is 41.4 Å². The Morgan fingerprint density at radius 1 is 1.03 bits per heavy atom. The number of hydrogen-bond donors (Lipinski definition) is 1. The molecule has 3 aromatic carbocycles. The number of nitrogens with zero attached hydrogens (tertiary/aromatic N) is 1. The first-order chi connectivity index (χ1) is 14.5. The van der Waals surface area contributed by atoms with Crippen LogP contribution in [-0.2, 0) is 6.61 Å². The quantitative estimate of drug-likeness (QED) is 0.391. The van der Waals surface area contributed by atoms with Crippen molar-refractivity contribution < 1.29 is 14.3 Å². The van der Waals surface area contributed by atoms with E-state index in [1.165, 1.54) is 5.56 Å². The highest BCUT2D eigenvalue weighted by Crippen LogP contribution is 2.29. The Kier molecular flexibility index (Phi) is 7.46. The van der Waals surface area contributed by atoms with Crippen LogP contribution in [0.15, 0.2) is 71.8 Å². The van der Waals surface area contributed by atoms with Gasteiger partial charge in [0.2, 0.25) is 0 Å². The van der Waals surface area contributed by atoms with Gasteiger partial charge >= 0.3 is 0 Å². The lowest BCUT2D eigenvalue weighted by molar-refractivity contribution is 0.0955. The van der Waals surface area contributed by atoms with Crippen LogP contribution in [0.25, 0.3) is 0 Å². The molecule has 6 heteroatoms. The Morgan fingerprint density at radius 3 is 2.57 bits per heavy atom. The number of aryl methyl sites for hydroxylation is 1. The van der Waals surface area contributed by atoms with Crippen molar-refractivity contribution in [2.24, 2.45) is 5.10 Å². The second kappa shape index (κ2) is 10.5. The van der Waals surface area contributed by atoms with E-state index in [9.17, 15) is 4.79 Å². The second-order valence-corrected chi connectivity index (χ2v) is 7.06. The Hall–Kier alpha value is -3.31. The summed E-state index contributed by atoms with van der Waals surface area (Å²) < 4.78 is 11.7. The third kappa shape index (κ3) is 6.09. The summed E-state index contributed by atoms with van der Waals surface area (Å²) in [5.74, 6) is 0.963. The minimum Gasteiger partial charge on any atom is -0.490 e. The second-order valence-electron chi connectivity index (χ2n) is 6.62. The number of benzene rings is 3. The van der Waals surface area contributed by atoms with E-state index in [4.69, 9.17) is 21.1 Å². The number of nitrogens with one attached hydrogen (secondary N) is 1. The standard InChI is InChI=1S/C24H23ClN2O3/c1-3-29-23-14-18(15-26-27-24(28)20-8-10-21(25)11-9-20)7-12-22(23)30-16-19-6-4-5-17(2)13-19/h4-15H,3,16H2,1-2H3,(H,27,28)/b26-15+. The summed E-state index contributed by atoms with van der Waals surface area (Å²) in [6.45, 7) is 4.92. The maximum atomic E-state index is 12.1. The van der Waals surface area contributed by atoms with Crippen molar-refractivity contribution in [2.75, 3.05) is 6.61 Å². The van der Waals surface area contributed by atoms with Crippen LogP contribution in [0.4, 0.5) is 0 Å². The summed E-state index contributed by atoms with van der Waals surface area (Å²) in [6, 6.07) is 20.3. The molecule has 0 atom stereocenters. The van der Waals surface area contributed by atoms with Crippen molar-refractivity contribution in [3.63, 3.8) is 0 Å². The largest absolute Gasteiger partial charge is 0.490 e. The SMILES string of the molecule is CCOc1cc(/C=N/NC(=O)c2ccc(Cl)cc2)ccc1OCc1cccc(C)c1. The van der Waals surface area contributed by atoms with Crippen molar-refractivity contribution in [2.45, 2.75) is 20.5 Å². The molecule has 0 bridgehead atoms. The smallest absolute Gasteiger partial charge is 0.271 e. The molecular formula is C24H23ClN2O3. The van der Waals surface area contributed by atoms with E-state index in [-0.39, 0.29) is 5.91 Å². The molecule has 154 valence electrons. The van der Waals surface area contributed by atoms with Gasteiger partial charge in [0.1, 0.15) is 6.61 Å². The zero-order chi connectivity index (χ0) is 21.3. The number of halogens is 1. The van der Waals surface area contributed by atoms with Gasteiger partial charge in [-0.05, 0) is 67.4 Å². The number of carbonyl (C=O) groups is 1. The zero-order valence-electron chi connectivity index (χ0n) is 16.9. The molecule has 0 radical (unpaired) electrons. The predicted molar refractivity (Wildman–Crippen MR) is 120 cm³/mol. The monoisotopic (exact) mass is 422 g/mol. The number of ether oxygens (including phenoxy) is 2. The fourth-order valence-corrected chi connectivity index (χ4v) is 2.91. The highest BCUT2D eigenvalue weighted by atomic mass is 35.5. The molecular weight excluding hydrogens is 400 g/mol. The summed E-state index contributed by atoms with van der Waals surface area (Å²) in [5, 5.41) is 4.59. The van der Waals surface area contributed by atoms with Gasteiger partial charge in [-0.15, -0.1) is 0 Å². The van der Waals surface area contributed by atoms with Crippen LogP contribution in [-0.4, -0.2) is 18.7 Å². The fourth-order valence-electron chi connectivity index (χ4n) is 2.79. The topological polar surface area (TPSA) is 59.9 Å². The van der Waals surface area contributed by atoms with Crippen LogP contribution in [0.2, 0.25) is 5.02 Å². The number of hydrogen-bond acceptors (Lipinski definition) is 4. The summed E-state index contributed by atoms with van der Waals surface area (Å²) in [4.78, 5) is 12.1. The normalized spacial score (nSPS) is 10.8. The first kappa shape index (κ1) is 21.4. The van der Waals surface area contributed by atoms with E-state index < -0.39 is 0 Å². The molecule has 0 unspecified atom stereocenters. The maximum absolute atomic E-state index is 12.1. The first-order valence-electron chi connectivity index (χ1n) is 9.59. The molecule has 0 saturated carbocycles. The van der Waals surface area contributed by atoms with Gasteiger partial charge < -0.3 is 9.47 Å². The summed E-state index contributed by atoms with van der Waals surface area (Å²) in [5.41, 5.74) is 6.03. The van der Waals surface area contributed by atoms with Gasteiger partial charge in [0.05, 0.1) is 12.8 Å². The van der Waals surface area contributed by atoms with Gasteiger partial charge in [-0.2, -0.15) is 5.10 Å². The van der Waals surface area contributed by atoms with E-state index in [2.05, 4.69) is 29.6 Å². The van der Waals surface area contributed by atoms with E-state index in [0.29, 0.717) is 35.3 Å². The average molecular weight is 423 g/mol. The Labute approximate surface area is 181 Å². The maximum Gasteiger partial charge on any atom is 0.271 e. The van der Waals surface area contributed by atoms with E-state index in [0.717, 1.165) is 11.1 Å². The molecule has 0 fully saturated rings. The van der Waals surface area contributed by atoms with Crippen LogP contribution < -0.4 is 14.9 Å². The van der Waals surface area contributed by atoms with E-state index >= 15 is 0 Å². The van der Waals surface area contributed by atoms with Gasteiger partial charge in [0, 0.05) is 10.6 Å². The van der Waals surface area contributed by atoms with E-state index in [1.807, 2.05) is 37.3 Å². The number of hydrazone groups is 1. The van der Waals surface area contributed by atoms with Gasteiger partial charge in [-0.3, -0.25) is 4.79 Å². The Morgan fingerprint density at radius 2 is 1.83 bits per heavy atom. The molecule has 3 aromatic rings. The molecule has 0 heterocycles. The highest BCUT2D eigenvalue weighted by molar-refractivity contribution is 6.30. The zero-order valence-corrected chi connectivity index (χ0v) is 17.6. The third-order valence-corrected chi connectivity index (χ3v) is 4.48. The van der Waals surface area contributed by atoms with E-state index in [1.54, 1.807) is 30.5 Å². The van der Waals surface area contributed by atoms with Crippen molar-refractivity contribution in [3.05, 3.63) is 94.0 Å². The minimum atomic E-state index is -0.314. The highest BCUT2D eigenvalue weighted by Gasteiger charge is 2.07. The van der Waals surface area contributed by atoms with Crippen molar-refractivity contribution in [3.8, 4) is 11.5 Å². The van der Waals surface area contributed by atoms with Crippen LogP contribution in [0, 0.1) is 6.92 Å². The molecule has 0 aliphatic heterocycles. The van der Waals surface area contributed by atoms with Crippen molar-refractivity contribution in [1.82, 2.24) is 5.43 Å². The van der Waals surface area contributed by atoms with Crippen molar-refractivity contribution >= 4 is 23.7 Å². The first-order valence-corrected chi connectivity index (χ1v) is 9.97. The molecule has 0 aliphatic rings. The lowest BCUT2D eigenvalue weighted by atomic mass is 10.1. The molecule has 1 N–H and O–H groups in total. The van der Waals surface area contributed by atoms with Crippen LogP contribution in [0.3, 0.4) is 0 Å². The molecule has 5 nitrogen and oxygen atoms in total. The van der Waals surface area contributed by atoms with Crippen molar-refractivity contribution in [1.29, 1.82) is 0 Å². The lowest BCUT2D eigenvalue weighted by Gasteiger charge is -2.13. The minimum absolute atomic E-state index is 0.314. The third-order valence-electron chi connectivity index (χ3n) is 4.23. The molecule has 0 aliphatic carbocycles. The summed E-state index contributed by atoms with van der Waals surface area (Å²) in [7, 11) is 0. The van der Waals surface area contributed by atoms with Crippen LogP contribution >= 0.6 is 11.6 Å².